The Bertz CT molecular complexity index is 1110. The smallest absolute Gasteiger partial charge is 0.316 e. The summed E-state index contributed by atoms with van der Waals surface area (Å²) in [7, 11) is 0. The molecule has 1 aromatic heterocycles. The summed E-state index contributed by atoms with van der Waals surface area (Å²) >= 11 is 0. The van der Waals surface area contributed by atoms with Crippen LogP contribution >= 0.6 is 0 Å². The molecule has 2 heterocycles. The van der Waals surface area contributed by atoms with E-state index in [0.29, 0.717) is 24.8 Å². The lowest BCUT2D eigenvalue weighted by atomic mass is 10.1. The summed E-state index contributed by atoms with van der Waals surface area (Å²) in [5.41, 5.74) is 5.95. The van der Waals surface area contributed by atoms with Gasteiger partial charge >= 0.3 is 11.8 Å². The summed E-state index contributed by atoms with van der Waals surface area (Å²) in [6.45, 7) is 8.91. The zero-order valence-electron chi connectivity index (χ0n) is 17.6. The summed E-state index contributed by atoms with van der Waals surface area (Å²) in [4.78, 5) is 32.8. The number of rotatable bonds is 4. The number of nitrogens with zero attached hydrogens (tertiary/aromatic N) is 4. The zero-order valence-corrected chi connectivity index (χ0v) is 17.6. The van der Waals surface area contributed by atoms with Gasteiger partial charge in [-0.25, -0.2) is 0 Å². The van der Waals surface area contributed by atoms with Crippen molar-refractivity contribution in [3.05, 3.63) is 64.5 Å². The molecule has 0 bridgehead atoms. The fraction of sp³-hybridized carbons (Fsp3) is 0.304. The van der Waals surface area contributed by atoms with Gasteiger partial charge in [0.05, 0.1) is 0 Å². The highest BCUT2D eigenvalue weighted by molar-refractivity contribution is 6.40. The molecule has 1 fully saturated rings. The largest absolute Gasteiger partial charge is 0.337 e. The number of aryl methyl sites for hydroxylation is 4. The van der Waals surface area contributed by atoms with Crippen molar-refractivity contribution in [2.24, 2.45) is 0 Å². The molecule has 4 rings (SSSR count). The first-order valence-electron chi connectivity index (χ1n) is 9.91. The van der Waals surface area contributed by atoms with Gasteiger partial charge in [-0.3, -0.25) is 9.59 Å². The predicted molar refractivity (Wildman–Crippen MR) is 113 cm³/mol. The number of carbonyl (C=O) groups is 2. The first-order chi connectivity index (χ1) is 14.3. The van der Waals surface area contributed by atoms with E-state index >= 15 is 0 Å². The van der Waals surface area contributed by atoms with Crippen LogP contribution in [0.25, 0.3) is 11.4 Å². The Balaban J connectivity index is 1.49. The van der Waals surface area contributed by atoms with E-state index < -0.39 is 11.8 Å². The molecule has 0 spiro atoms. The van der Waals surface area contributed by atoms with Crippen molar-refractivity contribution in [2.45, 2.75) is 34.2 Å². The summed E-state index contributed by atoms with van der Waals surface area (Å²) in [5, 5.41) is 4.05. The minimum absolute atomic E-state index is 0.114. The van der Waals surface area contributed by atoms with E-state index in [2.05, 4.69) is 16.2 Å². The molecule has 0 aliphatic carbocycles. The van der Waals surface area contributed by atoms with Gasteiger partial charge in [-0.2, -0.15) is 4.98 Å². The summed E-state index contributed by atoms with van der Waals surface area (Å²) in [6.07, 6.45) is 0. The maximum Gasteiger partial charge on any atom is 0.316 e. The van der Waals surface area contributed by atoms with Gasteiger partial charge in [0.2, 0.25) is 11.7 Å². The van der Waals surface area contributed by atoms with Gasteiger partial charge in [0.25, 0.3) is 0 Å². The molecule has 7 heteroatoms. The number of piperazine rings is 1. The Morgan fingerprint density at radius 1 is 0.900 bits per heavy atom. The van der Waals surface area contributed by atoms with Crippen LogP contribution in [0.2, 0.25) is 0 Å². The molecule has 2 aromatic carbocycles. The van der Waals surface area contributed by atoms with Crippen LogP contribution in [0, 0.1) is 27.7 Å². The lowest BCUT2D eigenvalue weighted by Crippen LogP contribution is -2.54. The number of aromatic nitrogens is 2. The van der Waals surface area contributed by atoms with Gasteiger partial charge in [-0.15, -0.1) is 0 Å². The van der Waals surface area contributed by atoms with Gasteiger partial charge in [-0.1, -0.05) is 35.0 Å². The normalized spacial score (nSPS) is 14.5. The second kappa shape index (κ2) is 7.74. The van der Waals surface area contributed by atoms with Crippen LogP contribution in [0.15, 0.2) is 40.9 Å². The highest BCUT2D eigenvalue weighted by Crippen LogP contribution is 2.24. The minimum Gasteiger partial charge on any atom is -0.337 e. The Morgan fingerprint density at radius 3 is 2.33 bits per heavy atom. The van der Waals surface area contributed by atoms with Crippen molar-refractivity contribution >= 4 is 17.5 Å². The number of anilines is 1. The van der Waals surface area contributed by atoms with E-state index in [1.165, 1.54) is 9.80 Å². The quantitative estimate of drug-likeness (QED) is 0.623. The van der Waals surface area contributed by atoms with E-state index in [1.54, 1.807) is 0 Å². The van der Waals surface area contributed by atoms with Crippen LogP contribution < -0.4 is 4.90 Å². The summed E-state index contributed by atoms with van der Waals surface area (Å²) in [6, 6.07) is 11.9. The molecule has 0 atom stereocenters. The highest BCUT2D eigenvalue weighted by atomic mass is 16.5. The first kappa shape index (κ1) is 19.8. The van der Waals surface area contributed by atoms with Gasteiger partial charge in [0, 0.05) is 24.3 Å². The van der Waals surface area contributed by atoms with Crippen LogP contribution in [0.3, 0.4) is 0 Å². The van der Waals surface area contributed by atoms with Gasteiger partial charge < -0.3 is 14.3 Å². The molecule has 30 heavy (non-hydrogen) atoms. The van der Waals surface area contributed by atoms with Crippen LogP contribution in [0.1, 0.15) is 28.1 Å². The van der Waals surface area contributed by atoms with Crippen LogP contribution in [-0.4, -0.2) is 39.9 Å². The number of carbonyl (C=O) groups excluding carboxylic acids is 2. The first-order valence-corrected chi connectivity index (χ1v) is 9.91. The monoisotopic (exact) mass is 404 g/mol. The lowest BCUT2D eigenvalue weighted by Gasteiger charge is -2.33. The average Bonchev–Trinajstić information content (AvgIpc) is 3.13. The van der Waals surface area contributed by atoms with Gasteiger partial charge in [0.1, 0.15) is 6.54 Å². The van der Waals surface area contributed by atoms with Crippen molar-refractivity contribution in [1.29, 1.82) is 0 Å². The SMILES string of the molecule is Cc1cc(C)cc(N2CCN(Cc3nc(-c4ccc(C)cc4C)no3)C(=O)C2=O)c1. The lowest BCUT2D eigenvalue weighted by molar-refractivity contribution is -0.146. The summed E-state index contributed by atoms with van der Waals surface area (Å²) < 4.78 is 5.35. The van der Waals surface area contributed by atoms with Crippen molar-refractivity contribution in [1.82, 2.24) is 15.0 Å². The Labute approximate surface area is 175 Å². The second-order valence-corrected chi connectivity index (χ2v) is 7.86. The van der Waals surface area contributed by atoms with Crippen LogP contribution in [-0.2, 0) is 16.1 Å². The second-order valence-electron chi connectivity index (χ2n) is 7.86. The van der Waals surface area contributed by atoms with Crippen LogP contribution in [0.4, 0.5) is 5.69 Å². The molecule has 1 aliphatic rings. The number of amides is 2. The number of benzene rings is 2. The third kappa shape index (κ3) is 3.83. The van der Waals surface area contributed by atoms with Crippen molar-refractivity contribution in [2.75, 3.05) is 18.0 Å². The highest BCUT2D eigenvalue weighted by Gasteiger charge is 2.34. The van der Waals surface area contributed by atoms with E-state index in [0.717, 1.165) is 33.5 Å². The van der Waals surface area contributed by atoms with Gasteiger partial charge in [-0.05, 0) is 56.5 Å². The third-order valence-electron chi connectivity index (χ3n) is 5.24. The molecule has 0 radical (unpaired) electrons. The number of hydrogen-bond donors (Lipinski definition) is 0. The zero-order chi connectivity index (χ0) is 21.4. The van der Waals surface area contributed by atoms with Crippen molar-refractivity contribution in [3.8, 4) is 11.4 Å². The molecule has 1 saturated heterocycles. The molecule has 0 N–H and O–H groups in total. The fourth-order valence-corrected chi connectivity index (χ4v) is 3.83. The van der Waals surface area contributed by atoms with Crippen LogP contribution in [0.5, 0.6) is 0 Å². The molecular formula is C23H24N4O3. The van der Waals surface area contributed by atoms with E-state index in [-0.39, 0.29) is 6.54 Å². The maximum atomic E-state index is 12.7. The maximum absolute atomic E-state index is 12.7. The molecular weight excluding hydrogens is 380 g/mol. The molecule has 154 valence electrons. The Hall–Kier alpha value is -3.48. The molecule has 2 amide bonds. The molecule has 1 aliphatic heterocycles. The number of hydrogen-bond acceptors (Lipinski definition) is 5. The topological polar surface area (TPSA) is 79.5 Å². The Morgan fingerprint density at radius 2 is 1.63 bits per heavy atom. The Kier molecular flexibility index (Phi) is 5.11. The predicted octanol–water partition coefficient (Wildman–Crippen LogP) is 3.35. The molecule has 7 nitrogen and oxygen atoms in total. The molecule has 3 aromatic rings. The third-order valence-corrected chi connectivity index (χ3v) is 5.24. The van der Waals surface area contributed by atoms with Crippen molar-refractivity contribution in [3.63, 3.8) is 0 Å². The molecule has 0 unspecified atom stereocenters. The average molecular weight is 404 g/mol. The van der Waals surface area contributed by atoms with E-state index in [1.807, 2.05) is 58.0 Å². The van der Waals surface area contributed by atoms with Gasteiger partial charge in [0.15, 0.2) is 0 Å². The molecule has 0 saturated carbocycles. The summed E-state index contributed by atoms with van der Waals surface area (Å²) in [5.74, 6) is -0.312. The van der Waals surface area contributed by atoms with Crippen molar-refractivity contribution < 1.29 is 14.1 Å². The fourth-order valence-electron chi connectivity index (χ4n) is 3.83. The van der Waals surface area contributed by atoms with E-state index in [9.17, 15) is 9.59 Å². The standard InChI is InChI=1S/C23H24N4O3/c1-14-5-6-19(17(4)10-14)21-24-20(30-25-21)13-26-7-8-27(23(29)22(26)28)18-11-15(2)9-16(3)12-18/h5-6,9-12H,7-8,13H2,1-4H3. The minimum atomic E-state index is -0.563. The van der Waals surface area contributed by atoms with E-state index in [4.69, 9.17) is 4.52 Å².